The zero-order valence-electron chi connectivity index (χ0n) is 6.96. The molecule has 0 aliphatic heterocycles. The number of hydrogen-bond donors (Lipinski definition) is 2. The third-order valence-electron chi connectivity index (χ3n) is 1.79. The zero-order valence-corrected chi connectivity index (χ0v) is 9.30. The van der Waals surface area contributed by atoms with Crippen molar-refractivity contribution in [3.05, 3.63) is 28.1 Å². The maximum atomic E-state index is 5.80. The van der Waals surface area contributed by atoms with Gasteiger partial charge in [-0.05, 0) is 28.1 Å². The number of pyridine rings is 2. The number of nitrogens with one attached hydrogen (secondary N) is 1. The van der Waals surface area contributed by atoms with Gasteiger partial charge in [0.1, 0.15) is 15.6 Å². The van der Waals surface area contributed by atoms with Crippen molar-refractivity contribution in [1.29, 1.82) is 0 Å². The van der Waals surface area contributed by atoms with E-state index in [-0.39, 0.29) is 0 Å². The van der Waals surface area contributed by atoms with Crippen molar-refractivity contribution < 1.29 is 0 Å². The molecule has 6 heteroatoms. The second-order valence-corrected chi connectivity index (χ2v) is 3.87. The number of nitrogens with zero attached hydrogens (tertiary/aromatic N) is 2. The van der Waals surface area contributed by atoms with E-state index in [1.165, 1.54) is 0 Å². The lowest BCUT2D eigenvalue weighted by Gasteiger charge is -2.05. The van der Waals surface area contributed by atoms with Crippen molar-refractivity contribution in [3.63, 3.8) is 0 Å². The monoisotopic (exact) mass is 272 g/mol. The summed E-state index contributed by atoms with van der Waals surface area (Å²) in [6.07, 6.45) is 1.70. The molecular formula is C8H6BrClN4. The van der Waals surface area contributed by atoms with E-state index in [2.05, 4.69) is 31.3 Å². The summed E-state index contributed by atoms with van der Waals surface area (Å²) in [4.78, 5) is 8.13. The van der Waals surface area contributed by atoms with Crippen molar-refractivity contribution in [1.82, 2.24) is 9.97 Å². The largest absolute Gasteiger partial charge is 0.308 e. The summed E-state index contributed by atoms with van der Waals surface area (Å²) < 4.78 is 0.727. The molecule has 0 saturated heterocycles. The van der Waals surface area contributed by atoms with Crippen LogP contribution in [0.25, 0.3) is 10.8 Å². The van der Waals surface area contributed by atoms with Gasteiger partial charge in [0.2, 0.25) is 0 Å². The fourth-order valence-corrected chi connectivity index (χ4v) is 1.73. The molecule has 2 aromatic heterocycles. The average Bonchev–Trinajstić information content (AvgIpc) is 2.17. The van der Waals surface area contributed by atoms with Crippen LogP contribution in [0.5, 0.6) is 0 Å². The van der Waals surface area contributed by atoms with Crippen LogP contribution in [-0.4, -0.2) is 9.97 Å². The highest BCUT2D eigenvalue weighted by Crippen LogP contribution is 2.25. The van der Waals surface area contributed by atoms with Gasteiger partial charge in [-0.3, -0.25) is 0 Å². The highest BCUT2D eigenvalue weighted by atomic mass is 79.9. The number of aromatic nitrogens is 2. The Morgan fingerprint density at radius 3 is 2.93 bits per heavy atom. The van der Waals surface area contributed by atoms with Crippen molar-refractivity contribution in [2.24, 2.45) is 5.84 Å². The summed E-state index contributed by atoms with van der Waals surface area (Å²) in [6.45, 7) is 0. The Bertz CT molecular complexity index is 488. The van der Waals surface area contributed by atoms with E-state index in [1.54, 1.807) is 12.3 Å². The minimum atomic E-state index is 0.384. The van der Waals surface area contributed by atoms with Crippen LogP contribution in [0, 0.1) is 0 Å². The Labute approximate surface area is 93.6 Å². The molecule has 0 bridgehead atoms. The zero-order chi connectivity index (χ0) is 10.1. The molecule has 2 aromatic rings. The molecule has 0 radical (unpaired) electrons. The van der Waals surface area contributed by atoms with E-state index < -0.39 is 0 Å². The van der Waals surface area contributed by atoms with Gasteiger partial charge in [-0.2, -0.15) is 0 Å². The first-order chi connectivity index (χ1) is 6.70. The molecule has 0 fully saturated rings. The molecule has 2 rings (SSSR count). The number of rotatable bonds is 1. The maximum Gasteiger partial charge on any atom is 0.149 e. The van der Waals surface area contributed by atoms with Gasteiger partial charge in [0.05, 0.1) is 0 Å². The third-order valence-corrected chi connectivity index (χ3v) is 2.41. The fourth-order valence-electron chi connectivity index (χ4n) is 1.20. The Morgan fingerprint density at radius 2 is 2.21 bits per heavy atom. The van der Waals surface area contributed by atoms with Gasteiger partial charge in [0.25, 0.3) is 0 Å². The molecule has 0 spiro atoms. The first-order valence-electron chi connectivity index (χ1n) is 3.79. The topological polar surface area (TPSA) is 63.8 Å². The van der Waals surface area contributed by atoms with E-state index in [0.717, 1.165) is 15.4 Å². The van der Waals surface area contributed by atoms with E-state index in [1.807, 2.05) is 6.07 Å². The first kappa shape index (κ1) is 9.64. The van der Waals surface area contributed by atoms with Crippen LogP contribution >= 0.6 is 27.5 Å². The molecule has 0 aliphatic rings. The Hall–Kier alpha value is -0.910. The molecular weight excluding hydrogens is 267 g/mol. The number of halogens is 2. The van der Waals surface area contributed by atoms with E-state index in [0.29, 0.717) is 11.0 Å². The normalized spacial score (nSPS) is 10.5. The van der Waals surface area contributed by atoms with Crippen LogP contribution in [0.3, 0.4) is 0 Å². The van der Waals surface area contributed by atoms with Gasteiger partial charge in [-0.25, -0.2) is 15.8 Å². The molecule has 14 heavy (non-hydrogen) atoms. The summed E-state index contributed by atoms with van der Waals surface area (Å²) >= 11 is 9.07. The standard InChI is InChI=1S/C8H6BrClN4/c9-6-2-5-4(3-12-6)1-7(10)13-8(5)14-11/h1-3H,11H2,(H,13,14). The second-order valence-electron chi connectivity index (χ2n) is 2.67. The minimum Gasteiger partial charge on any atom is -0.308 e. The highest BCUT2D eigenvalue weighted by molar-refractivity contribution is 9.10. The summed E-state index contributed by atoms with van der Waals surface area (Å²) in [7, 11) is 0. The third kappa shape index (κ3) is 1.66. The van der Waals surface area contributed by atoms with Gasteiger partial charge in [-0.15, -0.1) is 0 Å². The highest BCUT2D eigenvalue weighted by Gasteiger charge is 2.04. The van der Waals surface area contributed by atoms with E-state index in [4.69, 9.17) is 17.4 Å². The minimum absolute atomic E-state index is 0.384. The summed E-state index contributed by atoms with van der Waals surface area (Å²) in [5.41, 5.74) is 2.49. The summed E-state index contributed by atoms with van der Waals surface area (Å²) in [5.74, 6) is 5.87. The van der Waals surface area contributed by atoms with Crippen LogP contribution < -0.4 is 11.3 Å². The average molecular weight is 274 g/mol. The number of nitrogens with two attached hydrogens (primary N) is 1. The van der Waals surface area contributed by atoms with Crippen LogP contribution in [0.15, 0.2) is 22.9 Å². The number of anilines is 1. The summed E-state index contributed by atoms with van der Waals surface area (Å²) in [5, 5.41) is 2.15. The van der Waals surface area contributed by atoms with Crippen molar-refractivity contribution >= 4 is 44.1 Å². The van der Waals surface area contributed by atoms with E-state index >= 15 is 0 Å². The van der Waals surface area contributed by atoms with Gasteiger partial charge in [0, 0.05) is 17.0 Å². The lowest BCUT2D eigenvalue weighted by molar-refractivity contribution is 1.24. The van der Waals surface area contributed by atoms with Crippen LogP contribution in [-0.2, 0) is 0 Å². The number of hydrazine groups is 1. The molecule has 2 heterocycles. The van der Waals surface area contributed by atoms with Gasteiger partial charge < -0.3 is 5.43 Å². The number of nitrogen functional groups attached to an aromatic ring is 1. The van der Waals surface area contributed by atoms with Crippen molar-refractivity contribution in [3.8, 4) is 0 Å². The van der Waals surface area contributed by atoms with Crippen LogP contribution in [0.2, 0.25) is 5.15 Å². The predicted octanol–water partition coefficient (Wildman–Crippen LogP) is 2.33. The number of hydrogen-bond acceptors (Lipinski definition) is 4. The molecule has 0 atom stereocenters. The summed E-state index contributed by atoms with van der Waals surface area (Å²) in [6, 6.07) is 3.56. The Balaban J connectivity index is 2.81. The van der Waals surface area contributed by atoms with Gasteiger partial charge in [0.15, 0.2) is 0 Å². The van der Waals surface area contributed by atoms with Crippen molar-refractivity contribution in [2.45, 2.75) is 0 Å². The lowest BCUT2D eigenvalue weighted by Crippen LogP contribution is -2.09. The second kappa shape index (κ2) is 3.68. The molecule has 0 aromatic carbocycles. The van der Waals surface area contributed by atoms with Crippen molar-refractivity contribution in [2.75, 3.05) is 5.43 Å². The fraction of sp³-hybridized carbons (Fsp3) is 0. The smallest absolute Gasteiger partial charge is 0.149 e. The molecule has 4 nitrogen and oxygen atoms in total. The van der Waals surface area contributed by atoms with E-state index in [9.17, 15) is 0 Å². The molecule has 0 aliphatic carbocycles. The van der Waals surface area contributed by atoms with Gasteiger partial charge in [-0.1, -0.05) is 11.6 Å². The molecule has 0 amide bonds. The molecule has 72 valence electrons. The molecule has 3 N–H and O–H groups in total. The van der Waals surface area contributed by atoms with Gasteiger partial charge >= 0.3 is 0 Å². The lowest BCUT2D eigenvalue weighted by atomic mass is 10.2. The first-order valence-corrected chi connectivity index (χ1v) is 4.96. The Morgan fingerprint density at radius 1 is 1.43 bits per heavy atom. The SMILES string of the molecule is NNc1nc(Cl)cc2cnc(Br)cc12. The quantitative estimate of drug-likeness (QED) is 0.475. The maximum absolute atomic E-state index is 5.80. The predicted molar refractivity (Wildman–Crippen MR) is 60.1 cm³/mol. The number of fused-ring (bicyclic) bond motifs is 1. The molecule has 0 saturated carbocycles. The van der Waals surface area contributed by atoms with Crippen LogP contribution in [0.1, 0.15) is 0 Å². The van der Waals surface area contributed by atoms with Crippen LogP contribution in [0.4, 0.5) is 5.82 Å². The Kier molecular flexibility index (Phi) is 2.54. The molecule has 0 unspecified atom stereocenters.